The van der Waals surface area contributed by atoms with E-state index in [0.29, 0.717) is 29.5 Å². The van der Waals surface area contributed by atoms with Crippen LogP contribution in [0, 0.1) is 0 Å². The molecule has 2 heterocycles. The third kappa shape index (κ3) is 4.90. The molecule has 1 fully saturated rings. The van der Waals surface area contributed by atoms with Gasteiger partial charge >= 0.3 is 5.63 Å². The van der Waals surface area contributed by atoms with E-state index in [1.807, 2.05) is 24.3 Å². The number of benzene rings is 2. The van der Waals surface area contributed by atoms with Crippen LogP contribution in [0.25, 0.3) is 11.0 Å². The van der Waals surface area contributed by atoms with Crippen molar-refractivity contribution >= 4 is 22.6 Å². The highest BCUT2D eigenvalue weighted by atomic mass is 35.5. The number of para-hydroxylation sites is 1. The van der Waals surface area contributed by atoms with Crippen LogP contribution in [0.2, 0.25) is 5.02 Å². The molecule has 2 aromatic carbocycles. The Hall–Kier alpha value is -2.54. The van der Waals surface area contributed by atoms with Crippen LogP contribution < -0.4 is 10.4 Å². The molecule has 0 amide bonds. The molecule has 152 valence electrons. The topological polar surface area (TPSA) is 66.2 Å². The Balaban J connectivity index is 1.31. The molecule has 7 heteroatoms. The number of phenols is 1. The number of nitrogens with zero attached hydrogens (tertiary/aromatic N) is 2. The summed E-state index contributed by atoms with van der Waals surface area (Å²) in [4.78, 5) is 16.6. The van der Waals surface area contributed by atoms with Gasteiger partial charge in [-0.3, -0.25) is 9.80 Å². The van der Waals surface area contributed by atoms with E-state index >= 15 is 0 Å². The second-order valence-electron chi connectivity index (χ2n) is 7.17. The fourth-order valence-electron chi connectivity index (χ4n) is 3.61. The van der Waals surface area contributed by atoms with Crippen molar-refractivity contribution in [2.24, 2.45) is 0 Å². The molecule has 29 heavy (non-hydrogen) atoms. The molecule has 0 spiro atoms. The lowest BCUT2D eigenvalue weighted by atomic mass is 10.1. The normalized spacial score (nSPS) is 15.6. The van der Waals surface area contributed by atoms with Crippen LogP contribution in [0.3, 0.4) is 0 Å². The summed E-state index contributed by atoms with van der Waals surface area (Å²) in [6.07, 6.45) is 0. The Bertz CT molecular complexity index is 1040. The summed E-state index contributed by atoms with van der Waals surface area (Å²) in [7, 11) is 0. The van der Waals surface area contributed by atoms with Crippen molar-refractivity contribution in [2.75, 3.05) is 39.3 Å². The van der Waals surface area contributed by atoms with Gasteiger partial charge in [0.2, 0.25) is 0 Å². The molecule has 0 saturated carbocycles. The largest absolute Gasteiger partial charge is 0.508 e. The van der Waals surface area contributed by atoms with E-state index in [0.717, 1.165) is 43.7 Å². The first-order chi connectivity index (χ1) is 14.1. The second-order valence-corrected chi connectivity index (χ2v) is 7.58. The van der Waals surface area contributed by atoms with E-state index in [1.54, 1.807) is 18.2 Å². The highest BCUT2D eigenvalue weighted by molar-refractivity contribution is 6.32. The lowest BCUT2D eigenvalue weighted by Crippen LogP contribution is -2.47. The van der Waals surface area contributed by atoms with Crippen LogP contribution >= 0.6 is 11.6 Å². The van der Waals surface area contributed by atoms with Crippen LogP contribution in [0.4, 0.5) is 0 Å². The summed E-state index contributed by atoms with van der Waals surface area (Å²) in [6.45, 7) is 5.81. The molecule has 3 aromatic rings. The maximum atomic E-state index is 11.9. The number of hydrogen-bond donors (Lipinski definition) is 1. The molecule has 1 N–H and O–H groups in total. The fraction of sp³-hybridized carbons (Fsp3) is 0.318. The molecule has 1 saturated heterocycles. The summed E-state index contributed by atoms with van der Waals surface area (Å²) < 4.78 is 11.0. The van der Waals surface area contributed by atoms with Crippen molar-refractivity contribution in [3.05, 3.63) is 69.5 Å². The Morgan fingerprint density at radius 1 is 1.03 bits per heavy atom. The zero-order valence-corrected chi connectivity index (χ0v) is 16.8. The third-order valence-electron chi connectivity index (χ3n) is 5.17. The average molecular weight is 415 g/mol. The predicted molar refractivity (Wildman–Crippen MR) is 113 cm³/mol. The van der Waals surface area contributed by atoms with Crippen LogP contribution in [-0.4, -0.2) is 54.2 Å². The van der Waals surface area contributed by atoms with Gasteiger partial charge in [-0.25, -0.2) is 4.79 Å². The zero-order chi connectivity index (χ0) is 20.2. The number of hydrogen-bond acceptors (Lipinski definition) is 6. The molecule has 0 atom stereocenters. The molecule has 1 aliphatic rings. The zero-order valence-electron chi connectivity index (χ0n) is 16.0. The number of ether oxygens (including phenoxy) is 1. The second kappa shape index (κ2) is 8.86. The third-order valence-corrected chi connectivity index (χ3v) is 5.49. The van der Waals surface area contributed by atoms with Gasteiger partial charge in [0.15, 0.2) is 0 Å². The predicted octanol–water partition coefficient (Wildman–Crippen LogP) is 3.35. The van der Waals surface area contributed by atoms with Crippen molar-refractivity contribution < 1.29 is 14.3 Å². The number of halogens is 1. The molecule has 0 aliphatic carbocycles. The Labute approximate surface area is 173 Å². The van der Waals surface area contributed by atoms with Gasteiger partial charge in [-0.15, -0.1) is 0 Å². The van der Waals surface area contributed by atoms with Crippen molar-refractivity contribution in [3.8, 4) is 11.5 Å². The van der Waals surface area contributed by atoms with E-state index in [1.165, 1.54) is 6.07 Å². The summed E-state index contributed by atoms with van der Waals surface area (Å²) in [5.41, 5.74) is 0.947. The molecular formula is C22H23ClN2O4. The first kappa shape index (κ1) is 19.8. The summed E-state index contributed by atoms with van der Waals surface area (Å²) in [5.74, 6) is 0.805. The van der Waals surface area contributed by atoms with E-state index < -0.39 is 5.63 Å². The molecule has 0 unspecified atom stereocenters. The average Bonchev–Trinajstić information content (AvgIpc) is 2.70. The summed E-state index contributed by atoms with van der Waals surface area (Å²) in [6, 6.07) is 13.9. The molecule has 6 nitrogen and oxygen atoms in total. The number of aromatic hydroxyl groups is 1. The molecule has 0 radical (unpaired) electrons. The Morgan fingerprint density at radius 2 is 1.79 bits per heavy atom. The van der Waals surface area contributed by atoms with Gasteiger partial charge in [-0.2, -0.15) is 0 Å². The van der Waals surface area contributed by atoms with Gasteiger partial charge in [0.05, 0.1) is 5.02 Å². The van der Waals surface area contributed by atoms with E-state index in [9.17, 15) is 9.90 Å². The Kier molecular flexibility index (Phi) is 6.04. The first-order valence-corrected chi connectivity index (χ1v) is 10.0. The van der Waals surface area contributed by atoms with Crippen LogP contribution in [0.5, 0.6) is 11.5 Å². The highest BCUT2D eigenvalue weighted by Gasteiger charge is 2.18. The minimum atomic E-state index is -0.395. The SMILES string of the molecule is O=c1cc(CN2CCN(CCOc3ccccc3Cl)CC2)c2ccc(O)cc2o1. The van der Waals surface area contributed by atoms with Crippen LogP contribution in [-0.2, 0) is 6.54 Å². The van der Waals surface area contributed by atoms with Crippen molar-refractivity contribution in [2.45, 2.75) is 6.54 Å². The fourth-order valence-corrected chi connectivity index (χ4v) is 3.80. The highest BCUT2D eigenvalue weighted by Crippen LogP contribution is 2.24. The van der Waals surface area contributed by atoms with Crippen molar-refractivity contribution in [1.29, 1.82) is 0 Å². The maximum Gasteiger partial charge on any atom is 0.336 e. The number of rotatable bonds is 6. The molecule has 0 bridgehead atoms. The van der Waals surface area contributed by atoms with Gasteiger partial charge < -0.3 is 14.3 Å². The quantitative estimate of drug-likeness (QED) is 0.624. The van der Waals surface area contributed by atoms with Gasteiger partial charge in [-0.05, 0) is 29.8 Å². The number of phenolic OH excluding ortho intramolecular Hbond substituents is 1. The minimum absolute atomic E-state index is 0.0884. The molecule has 4 rings (SSSR count). The smallest absolute Gasteiger partial charge is 0.336 e. The van der Waals surface area contributed by atoms with E-state index in [4.69, 9.17) is 20.8 Å². The van der Waals surface area contributed by atoms with E-state index in [-0.39, 0.29) is 5.75 Å². The maximum absolute atomic E-state index is 11.9. The monoisotopic (exact) mass is 414 g/mol. The summed E-state index contributed by atoms with van der Waals surface area (Å²) in [5, 5.41) is 11.1. The minimum Gasteiger partial charge on any atom is -0.508 e. The standard InChI is InChI=1S/C22H23ClN2O4/c23-19-3-1-2-4-20(19)28-12-11-24-7-9-25(10-8-24)15-16-13-22(27)29-21-14-17(26)5-6-18(16)21/h1-6,13-14,26H,7-12,15H2. The van der Waals surface area contributed by atoms with Gasteiger partial charge in [-0.1, -0.05) is 23.7 Å². The van der Waals surface area contributed by atoms with E-state index in [2.05, 4.69) is 9.80 Å². The van der Waals surface area contributed by atoms with Gasteiger partial charge in [0.1, 0.15) is 23.7 Å². The number of fused-ring (bicyclic) bond motifs is 1. The van der Waals surface area contributed by atoms with Crippen LogP contribution in [0.1, 0.15) is 5.56 Å². The molecule has 1 aliphatic heterocycles. The lowest BCUT2D eigenvalue weighted by Gasteiger charge is -2.34. The number of piperazine rings is 1. The van der Waals surface area contributed by atoms with Crippen molar-refractivity contribution in [3.63, 3.8) is 0 Å². The summed E-state index contributed by atoms with van der Waals surface area (Å²) >= 11 is 6.12. The molecular weight excluding hydrogens is 392 g/mol. The van der Waals surface area contributed by atoms with Crippen LogP contribution in [0.15, 0.2) is 57.7 Å². The first-order valence-electron chi connectivity index (χ1n) is 9.66. The van der Waals surface area contributed by atoms with Crippen molar-refractivity contribution in [1.82, 2.24) is 9.80 Å². The molecule has 1 aromatic heterocycles. The lowest BCUT2D eigenvalue weighted by molar-refractivity contribution is 0.113. The Morgan fingerprint density at radius 3 is 2.59 bits per heavy atom. The van der Waals surface area contributed by atoms with Gasteiger partial charge in [0.25, 0.3) is 0 Å². The van der Waals surface area contributed by atoms with Gasteiger partial charge in [0, 0.05) is 56.8 Å².